The van der Waals surface area contributed by atoms with Gasteiger partial charge in [-0.3, -0.25) is 9.78 Å². The molecule has 2 aromatic rings. The number of carbonyl (C=O) groups is 2. The molecular weight excluding hydrogens is 354 g/mol. The van der Waals surface area contributed by atoms with Crippen molar-refractivity contribution < 1.29 is 9.59 Å². The maximum absolute atomic E-state index is 12.3. The number of halogens is 1. The van der Waals surface area contributed by atoms with Crippen molar-refractivity contribution in [3.63, 3.8) is 0 Å². The molecule has 2 N–H and O–H groups in total. The van der Waals surface area contributed by atoms with Crippen LogP contribution in [0.4, 0.5) is 16.2 Å². The highest BCUT2D eigenvalue weighted by Crippen LogP contribution is 2.29. The van der Waals surface area contributed by atoms with Crippen molar-refractivity contribution in [3.8, 4) is 0 Å². The first-order valence-corrected chi connectivity index (χ1v) is 8.64. The van der Waals surface area contributed by atoms with Crippen molar-refractivity contribution >= 4 is 34.9 Å². The van der Waals surface area contributed by atoms with E-state index in [1.165, 1.54) is 0 Å². The fraction of sp³-hybridized carbons (Fsp3) is 0.278. The molecule has 1 fully saturated rings. The van der Waals surface area contributed by atoms with Gasteiger partial charge in [0.2, 0.25) is 5.91 Å². The van der Waals surface area contributed by atoms with Crippen LogP contribution in [-0.2, 0) is 11.3 Å². The Morgan fingerprint density at radius 1 is 1.38 bits per heavy atom. The second kappa shape index (κ2) is 8.05. The average molecular weight is 374 g/mol. The molecule has 1 aromatic carbocycles. The third-order valence-corrected chi connectivity index (χ3v) is 4.35. The van der Waals surface area contributed by atoms with Gasteiger partial charge >= 0.3 is 6.03 Å². The van der Waals surface area contributed by atoms with Crippen molar-refractivity contribution in [2.24, 2.45) is 0 Å². The normalized spacial score (nSPS) is 13.9. The molecule has 0 bridgehead atoms. The molecule has 0 atom stereocenters. The smallest absolute Gasteiger partial charge is 0.321 e. The molecule has 3 rings (SSSR count). The van der Waals surface area contributed by atoms with Crippen molar-refractivity contribution in [2.75, 3.05) is 36.9 Å². The monoisotopic (exact) mass is 373 g/mol. The summed E-state index contributed by atoms with van der Waals surface area (Å²) >= 11 is 6.35. The van der Waals surface area contributed by atoms with Gasteiger partial charge in [0.05, 0.1) is 29.5 Å². The molecule has 1 aliphatic rings. The van der Waals surface area contributed by atoms with Gasteiger partial charge in [0.25, 0.3) is 0 Å². The number of aromatic nitrogens is 1. The molecule has 0 saturated carbocycles. The van der Waals surface area contributed by atoms with Gasteiger partial charge in [-0.1, -0.05) is 17.7 Å². The first kappa shape index (κ1) is 18.0. The van der Waals surface area contributed by atoms with Gasteiger partial charge in [0, 0.05) is 32.0 Å². The molecule has 3 amide bonds. The van der Waals surface area contributed by atoms with Crippen LogP contribution in [0.2, 0.25) is 5.02 Å². The molecular formula is C18H20ClN5O2. The number of hydrogen-bond acceptors (Lipinski definition) is 4. The Kier molecular flexibility index (Phi) is 5.58. The third-order valence-electron chi connectivity index (χ3n) is 4.05. The Bertz CT molecular complexity index is 799. The van der Waals surface area contributed by atoms with E-state index in [-0.39, 0.29) is 18.5 Å². The molecule has 1 saturated heterocycles. The molecule has 8 heteroatoms. The number of amides is 3. The van der Waals surface area contributed by atoms with Crippen LogP contribution < -0.4 is 15.5 Å². The average Bonchev–Trinajstić information content (AvgIpc) is 2.62. The second-order valence-corrected chi connectivity index (χ2v) is 6.45. The lowest BCUT2D eigenvalue weighted by atomic mass is 10.2. The van der Waals surface area contributed by atoms with Crippen molar-refractivity contribution in [2.45, 2.75) is 6.54 Å². The number of benzene rings is 1. The summed E-state index contributed by atoms with van der Waals surface area (Å²) in [5.74, 6) is -0.0270. The zero-order valence-electron chi connectivity index (χ0n) is 14.4. The molecule has 0 aliphatic carbocycles. The van der Waals surface area contributed by atoms with E-state index < -0.39 is 0 Å². The summed E-state index contributed by atoms with van der Waals surface area (Å²) in [6.07, 6.45) is 1.69. The lowest BCUT2D eigenvalue weighted by molar-refractivity contribution is -0.120. The van der Waals surface area contributed by atoms with E-state index in [4.69, 9.17) is 11.6 Å². The topological polar surface area (TPSA) is 77.6 Å². The van der Waals surface area contributed by atoms with Crippen LogP contribution in [0.15, 0.2) is 42.6 Å². The number of hydrogen-bond donors (Lipinski definition) is 2. The lowest BCUT2D eigenvalue weighted by Crippen LogP contribution is -2.47. The predicted molar refractivity (Wildman–Crippen MR) is 101 cm³/mol. The molecule has 136 valence electrons. The third kappa shape index (κ3) is 4.43. The summed E-state index contributed by atoms with van der Waals surface area (Å²) in [4.78, 5) is 31.5. The molecule has 26 heavy (non-hydrogen) atoms. The molecule has 0 spiro atoms. The van der Waals surface area contributed by atoms with Crippen molar-refractivity contribution in [3.05, 3.63) is 53.3 Å². The maximum atomic E-state index is 12.3. The number of piperazine rings is 1. The Hall–Kier alpha value is -2.80. The van der Waals surface area contributed by atoms with Crippen LogP contribution in [0.3, 0.4) is 0 Å². The highest BCUT2D eigenvalue weighted by atomic mass is 35.5. The lowest BCUT2D eigenvalue weighted by Gasteiger charge is -2.29. The summed E-state index contributed by atoms with van der Waals surface area (Å²) in [6.45, 7) is 1.97. The zero-order chi connectivity index (χ0) is 18.5. The van der Waals surface area contributed by atoms with Gasteiger partial charge in [-0.2, -0.15) is 0 Å². The van der Waals surface area contributed by atoms with E-state index in [0.717, 1.165) is 11.4 Å². The molecule has 1 aromatic heterocycles. The maximum Gasteiger partial charge on any atom is 0.321 e. The van der Waals surface area contributed by atoms with Crippen LogP contribution in [-0.4, -0.2) is 48.5 Å². The van der Waals surface area contributed by atoms with Crippen molar-refractivity contribution in [1.82, 2.24) is 15.2 Å². The van der Waals surface area contributed by atoms with E-state index in [1.54, 1.807) is 30.3 Å². The van der Waals surface area contributed by atoms with Crippen LogP contribution >= 0.6 is 11.6 Å². The minimum atomic E-state index is -0.253. The Morgan fingerprint density at radius 2 is 2.23 bits per heavy atom. The van der Waals surface area contributed by atoms with Gasteiger partial charge in [0.1, 0.15) is 0 Å². The van der Waals surface area contributed by atoms with Gasteiger partial charge < -0.3 is 20.4 Å². The Balaban J connectivity index is 1.63. The van der Waals surface area contributed by atoms with Crippen LogP contribution in [0.1, 0.15) is 5.69 Å². The Morgan fingerprint density at radius 3 is 2.92 bits per heavy atom. The second-order valence-electron chi connectivity index (χ2n) is 6.04. The molecule has 0 radical (unpaired) electrons. The van der Waals surface area contributed by atoms with Gasteiger partial charge in [-0.25, -0.2) is 4.79 Å². The summed E-state index contributed by atoms with van der Waals surface area (Å²) in [7, 11) is 1.70. The van der Waals surface area contributed by atoms with Crippen LogP contribution in [0.25, 0.3) is 0 Å². The fourth-order valence-corrected chi connectivity index (χ4v) is 3.01. The number of anilines is 2. The fourth-order valence-electron chi connectivity index (χ4n) is 2.71. The highest BCUT2D eigenvalue weighted by molar-refractivity contribution is 6.33. The van der Waals surface area contributed by atoms with E-state index in [2.05, 4.69) is 15.6 Å². The van der Waals surface area contributed by atoms with Gasteiger partial charge in [-0.05, 0) is 30.3 Å². The summed E-state index contributed by atoms with van der Waals surface area (Å²) in [5, 5.41) is 6.09. The number of urea groups is 1. The molecule has 2 heterocycles. The summed E-state index contributed by atoms with van der Waals surface area (Å²) < 4.78 is 0. The molecule has 1 aliphatic heterocycles. The molecule has 7 nitrogen and oxygen atoms in total. The van der Waals surface area contributed by atoms with E-state index in [9.17, 15) is 9.59 Å². The van der Waals surface area contributed by atoms with Crippen LogP contribution in [0.5, 0.6) is 0 Å². The van der Waals surface area contributed by atoms with Gasteiger partial charge in [-0.15, -0.1) is 0 Å². The van der Waals surface area contributed by atoms with Gasteiger partial charge in [0.15, 0.2) is 0 Å². The number of carbonyl (C=O) groups excluding carboxylic acids is 2. The zero-order valence-corrected chi connectivity index (χ0v) is 15.2. The number of nitrogens with zero attached hydrogens (tertiary/aromatic N) is 3. The Labute approximate surface area is 157 Å². The van der Waals surface area contributed by atoms with E-state index >= 15 is 0 Å². The molecule has 0 unspecified atom stereocenters. The summed E-state index contributed by atoms with van der Waals surface area (Å²) in [5.41, 5.74) is 2.18. The largest absolute Gasteiger partial charge is 0.359 e. The quantitative estimate of drug-likeness (QED) is 0.862. The van der Waals surface area contributed by atoms with Crippen LogP contribution in [0, 0.1) is 0 Å². The predicted octanol–water partition coefficient (Wildman–Crippen LogP) is 2.34. The standard InChI is InChI=1S/C18H20ClN5O2/c1-23(11-14-4-2-3-7-20-14)18(26)22-13-5-6-16(15(19)10-13)24-9-8-21-17(25)12-24/h2-7,10H,8-9,11-12H2,1H3,(H,21,25)(H,22,26). The summed E-state index contributed by atoms with van der Waals surface area (Å²) in [6, 6.07) is 10.6. The first-order valence-electron chi connectivity index (χ1n) is 8.26. The van der Waals surface area contributed by atoms with E-state index in [0.29, 0.717) is 30.3 Å². The van der Waals surface area contributed by atoms with Crippen molar-refractivity contribution in [1.29, 1.82) is 0 Å². The number of rotatable bonds is 4. The number of nitrogens with one attached hydrogen (secondary N) is 2. The first-order chi connectivity index (χ1) is 12.5. The SMILES string of the molecule is CN(Cc1ccccn1)C(=O)Nc1ccc(N2CCNC(=O)C2)c(Cl)c1. The number of pyridine rings is 1. The highest BCUT2D eigenvalue weighted by Gasteiger charge is 2.19. The minimum Gasteiger partial charge on any atom is -0.359 e. The minimum absolute atomic E-state index is 0.0270. The van der Waals surface area contributed by atoms with E-state index in [1.807, 2.05) is 29.2 Å².